The molecule has 0 spiro atoms. The summed E-state index contributed by atoms with van der Waals surface area (Å²) >= 11 is 0. The predicted molar refractivity (Wildman–Crippen MR) is 427 cm³/mol. The average Bonchev–Trinajstić information content (AvgIpc) is 0.911. The number of esters is 4. The summed E-state index contributed by atoms with van der Waals surface area (Å²) in [7, 11) is -10.0. The Morgan fingerprint density at radius 1 is 0.279 bits per heavy atom. The van der Waals surface area contributed by atoms with E-state index in [1.807, 2.05) is 30.4 Å². The van der Waals surface area contributed by atoms with E-state index in [1.54, 1.807) is 0 Å². The van der Waals surface area contributed by atoms with Gasteiger partial charge >= 0.3 is 39.5 Å². The van der Waals surface area contributed by atoms with Crippen LogP contribution < -0.4 is 0 Å². The molecule has 0 aliphatic heterocycles. The largest absolute Gasteiger partial charge is 0.472 e. The third-order valence-electron chi connectivity index (χ3n) is 16.0. The molecule has 5 atom stereocenters. The zero-order valence-corrected chi connectivity index (χ0v) is 66.4. The number of aliphatic hydroxyl groups is 1. The number of unbranched alkanes of at least 4 members (excludes halogenated alkanes) is 21. The smallest absolute Gasteiger partial charge is 0.462 e. The SMILES string of the molecule is CC/C=C\C/C=C\C/C=C\C/C=C\C/C=C\C/C=C\CCC(=O)OCC(COP(=O)(O)OCC(O)COP(=O)(O)OCC(COC(=O)CCC/C=C\C/C=C\C/C=C\C/C=C\C/C=C\CC)OC(=O)CCCCCCC/C=C\C/C=C\CCC)OC(=O)CCCCCCCCCCCCCCCCC. The Morgan fingerprint density at radius 2 is 0.548 bits per heavy atom. The van der Waals surface area contributed by atoms with Gasteiger partial charge in [0.1, 0.15) is 19.3 Å². The van der Waals surface area contributed by atoms with E-state index in [0.29, 0.717) is 38.5 Å². The second-order valence-electron chi connectivity index (χ2n) is 25.9. The fraction of sp³-hybridized carbons (Fsp3) is 0.647. The van der Waals surface area contributed by atoms with Crippen LogP contribution in [0, 0.1) is 0 Å². The molecular weight excluding hydrogens is 1350 g/mol. The summed E-state index contributed by atoms with van der Waals surface area (Å²) in [4.78, 5) is 72.9. The van der Waals surface area contributed by atoms with Crippen molar-refractivity contribution in [1.82, 2.24) is 0 Å². The number of aliphatic hydroxyl groups excluding tert-OH is 1. The fourth-order valence-corrected chi connectivity index (χ4v) is 11.6. The van der Waals surface area contributed by atoms with E-state index in [1.165, 1.54) is 64.2 Å². The molecule has 5 unspecified atom stereocenters. The van der Waals surface area contributed by atoms with Crippen LogP contribution in [-0.2, 0) is 65.4 Å². The lowest BCUT2D eigenvalue weighted by Gasteiger charge is -2.21. The Labute approximate surface area is 629 Å². The first-order valence-electron chi connectivity index (χ1n) is 39.7. The number of carbonyl (C=O) groups is 4. The number of ether oxygens (including phenoxy) is 4. The van der Waals surface area contributed by atoms with Gasteiger partial charge in [-0.2, -0.15) is 0 Å². The Kier molecular flexibility index (Phi) is 72.0. The Balaban J connectivity index is 5.47. The molecule has 0 aromatic rings. The molecule has 0 heterocycles. The highest BCUT2D eigenvalue weighted by Gasteiger charge is 2.30. The van der Waals surface area contributed by atoms with E-state index in [0.717, 1.165) is 141 Å². The van der Waals surface area contributed by atoms with Crippen molar-refractivity contribution in [3.05, 3.63) is 158 Å². The lowest BCUT2D eigenvalue weighted by Crippen LogP contribution is -2.30. The number of carbonyl (C=O) groups excluding carboxylic acids is 4. The summed E-state index contributed by atoms with van der Waals surface area (Å²) in [6, 6.07) is 0. The highest BCUT2D eigenvalue weighted by Crippen LogP contribution is 2.45. The highest BCUT2D eigenvalue weighted by molar-refractivity contribution is 7.47. The lowest BCUT2D eigenvalue weighted by atomic mass is 10.0. The van der Waals surface area contributed by atoms with Gasteiger partial charge < -0.3 is 33.8 Å². The quantitative estimate of drug-likeness (QED) is 0.0169. The van der Waals surface area contributed by atoms with Crippen molar-refractivity contribution in [2.24, 2.45) is 0 Å². The molecule has 0 saturated carbocycles. The maximum absolute atomic E-state index is 13.1. The standard InChI is InChI=1S/C85H140O17P2/c1-5-9-13-17-21-25-29-33-36-38-39-41-44-47-50-54-58-62-66-70-83(88)96-76-81(102-85(90)72-68-64-60-56-52-48-42-35-31-27-23-19-15-11-7-3)78-100-104(93,94)98-74-79(86)73-97-103(91,92)99-77-80(101-84(89)71-67-63-59-55-51-45-32-28-24-20-16-12-8-4)75-95-82(87)69-65-61-57-53-49-46-43-40-37-34-30-26-22-18-14-10-6-2/h9-10,13-14,16,20-22,25-26,28,32-34,36-37,39,41,43,46-47,50,53,57-58,62,79-81,86H,5-8,11-12,15,17-19,23-24,27,29-31,35,38,40,42,44-45,48-49,51-52,54-56,59-61,63-78H2,1-4H3,(H,91,92)(H,93,94)/b13-9-,14-10-,20-16-,25-21-,26-22-,32-28-,36-33-,37-34-,41-39-,46-43-,50-47-,57-53-,62-58-. The van der Waals surface area contributed by atoms with Crippen molar-refractivity contribution < 1.29 is 80.2 Å². The number of allylic oxidation sites excluding steroid dienone is 26. The predicted octanol–water partition coefficient (Wildman–Crippen LogP) is 23.2. The number of rotatable bonds is 73. The fourth-order valence-electron chi connectivity index (χ4n) is 10.0. The molecule has 0 amide bonds. The molecule has 0 radical (unpaired) electrons. The van der Waals surface area contributed by atoms with Gasteiger partial charge in [-0.3, -0.25) is 37.3 Å². The molecule has 0 aliphatic rings. The van der Waals surface area contributed by atoms with Crippen LogP contribution in [0.3, 0.4) is 0 Å². The van der Waals surface area contributed by atoms with Crippen LogP contribution in [0.15, 0.2) is 158 Å². The van der Waals surface area contributed by atoms with Crippen molar-refractivity contribution in [2.45, 2.75) is 316 Å². The van der Waals surface area contributed by atoms with Crippen LogP contribution in [0.4, 0.5) is 0 Å². The van der Waals surface area contributed by atoms with E-state index >= 15 is 0 Å². The number of hydrogen-bond acceptors (Lipinski definition) is 15. The van der Waals surface area contributed by atoms with Gasteiger partial charge in [0.15, 0.2) is 12.2 Å². The zero-order valence-electron chi connectivity index (χ0n) is 64.6. The van der Waals surface area contributed by atoms with Crippen molar-refractivity contribution in [1.29, 1.82) is 0 Å². The third-order valence-corrected chi connectivity index (χ3v) is 17.9. The van der Waals surface area contributed by atoms with Gasteiger partial charge in [0.2, 0.25) is 0 Å². The molecule has 0 aliphatic carbocycles. The molecule has 104 heavy (non-hydrogen) atoms. The second-order valence-corrected chi connectivity index (χ2v) is 28.8. The topological polar surface area (TPSA) is 237 Å². The number of phosphoric acid groups is 2. The van der Waals surface area contributed by atoms with E-state index in [4.69, 9.17) is 37.0 Å². The Bertz CT molecular complexity index is 2590. The summed E-state index contributed by atoms with van der Waals surface area (Å²) in [5.74, 6) is -2.36. The Hall–Kier alpha value is -5.32. The summed E-state index contributed by atoms with van der Waals surface area (Å²) in [5, 5.41) is 10.6. The van der Waals surface area contributed by atoms with E-state index in [-0.39, 0.29) is 25.7 Å². The van der Waals surface area contributed by atoms with Gasteiger partial charge in [0.25, 0.3) is 0 Å². The molecule has 0 fully saturated rings. The zero-order chi connectivity index (χ0) is 76.0. The molecule has 0 aromatic carbocycles. The van der Waals surface area contributed by atoms with Gasteiger partial charge in [-0.05, 0) is 128 Å². The van der Waals surface area contributed by atoms with Crippen molar-refractivity contribution >= 4 is 39.5 Å². The third kappa shape index (κ3) is 74.9. The first-order chi connectivity index (χ1) is 50.7. The van der Waals surface area contributed by atoms with Gasteiger partial charge in [-0.25, -0.2) is 9.13 Å². The maximum atomic E-state index is 13.1. The van der Waals surface area contributed by atoms with Crippen LogP contribution in [0.1, 0.15) is 297 Å². The second kappa shape index (κ2) is 75.9. The lowest BCUT2D eigenvalue weighted by molar-refractivity contribution is -0.161. The van der Waals surface area contributed by atoms with Crippen molar-refractivity contribution in [2.75, 3.05) is 39.6 Å². The molecule has 17 nitrogen and oxygen atoms in total. The van der Waals surface area contributed by atoms with Crippen LogP contribution in [0.5, 0.6) is 0 Å². The minimum Gasteiger partial charge on any atom is -0.462 e. The van der Waals surface area contributed by atoms with Gasteiger partial charge in [-0.1, -0.05) is 301 Å². The number of phosphoric ester groups is 2. The van der Waals surface area contributed by atoms with Crippen LogP contribution in [0.25, 0.3) is 0 Å². The summed E-state index contributed by atoms with van der Waals surface area (Å²) in [5.41, 5.74) is 0. The molecule has 0 bridgehead atoms. The molecule has 3 N–H and O–H groups in total. The normalized spacial score (nSPS) is 14.7. The molecule has 0 rings (SSSR count). The highest BCUT2D eigenvalue weighted by atomic mass is 31.2. The Morgan fingerprint density at radius 3 is 0.894 bits per heavy atom. The number of hydrogen-bond donors (Lipinski definition) is 3. The summed E-state index contributed by atoms with van der Waals surface area (Å²) < 4.78 is 68.4. The first kappa shape index (κ1) is 98.7. The monoisotopic (exact) mass is 1490 g/mol. The van der Waals surface area contributed by atoms with Crippen LogP contribution in [0.2, 0.25) is 0 Å². The molecular formula is C85H140O17P2. The van der Waals surface area contributed by atoms with Crippen LogP contribution >= 0.6 is 15.6 Å². The molecule has 592 valence electrons. The van der Waals surface area contributed by atoms with Crippen molar-refractivity contribution in [3.63, 3.8) is 0 Å². The van der Waals surface area contributed by atoms with E-state index < -0.39 is 97.5 Å². The van der Waals surface area contributed by atoms with Gasteiger partial charge in [-0.15, -0.1) is 0 Å². The molecule has 19 heteroatoms. The minimum absolute atomic E-state index is 0.0324. The van der Waals surface area contributed by atoms with Crippen molar-refractivity contribution in [3.8, 4) is 0 Å². The minimum atomic E-state index is -5.00. The van der Waals surface area contributed by atoms with E-state index in [9.17, 15) is 43.2 Å². The average molecular weight is 1500 g/mol. The first-order valence-corrected chi connectivity index (χ1v) is 42.7. The van der Waals surface area contributed by atoms with Gasteiger partial charge in [0.05, 0.1) is 26.4 Å². The summed E-state index contributed by atoms with van der Waals surface area (Å²) in [6.45, 7) is 4.42. The summed E-state index contributed by atoms with van der Waals surface area (Å²) in [6.07, 6.45) is 88.2. The van der Waals surface area contributed by atoms with Crippen LogP contribution in [-0.4, -0.2) is 96.7 Å². The maximum Gasteiger partial charge on any atom is 0.472 e. The molecule has 0 saturated heterocycles. The van der Waals surface area contributed by atoms with E-state index in [2.05, 4.69) is 155 Å². The molecule has 0 aromatic heterocycles. The van der Waals surface area contributed by atoms with Gasteiger partial charge in [0, 0.05) is 25.7 Å².